The van der Waals surface area contributed by atoms with Crippen LogP contribution in [0, 0.1) is 5.41 Å². The van der Waals surface area contributed by atoms with Crippen LogP contribution in [-0.2, 0) is 4.79 Å². The van der Waals surface area contributed by atoms with Crippen LogP contribution in [0.2, 0.25) is 0 Å². The van der Waals surface area contributed by atoms with Crippen LogP contribution < -0.4 is 5.32 Å². The summed E-state index contributed by atoms with van der Waals surface area (Å²) in [4.78, 5) is 14.9. The standard InChI is InChI=1S/C20H30N2O2/c1-14-9-10-15(2)22(14)16(3)19(24)21-13-20(11-12-20)18(23)17-7-5-4-6-8-17/h4-8,14-16,18,23H,9-13H2,1-3H3,(H,21,24). The largest absolute Gasteiger partial charge is 0.388 e. The van der Waals surface area contributed by atoms with Gasteiger partial charge in [-0.3, -0.25) is 9.69 Å². The van der Waals surface area contributed by atoms with E-state index < -0.39 is 6.10 Å². The fourth-order valence-electron chi connectivity index (χ4n) is 4.22. The van der Waals surface area contributed by atoms with E-state index in [0.717, 1.165) is 31.2 Å². The SMILES string of the molecule is CC1CCC(C)N1C(C)C(=O)NCC1(C(O)c2ccccc2)CC1. The summed E-state index contributed by atoms with van der Waals surface area (Å²) >= 11 is 0. The number of rotatable bonds is 6. The van der Waals surface area contributed by atoms with Gasteiger partial charge in [0.05, 0.1) is 12.1 Å². The van der Waals surface area contributed by atoms with Crippen molar-refractivity contribution >= 4 is 5.91 Å². The van der Waals surface area contributed by atoms with E-state index in [-0.39, 0.29) is 17.4 Å². The summed E-state index contributed by atoms with van der Waals surface area (Å²) < 4.78 is 0. The number of carbonyl (C=O) groups excluding carboxylic acids is 1. The molecule has 1 saturated heterocycles. The maximum atomic E-state index is 12.6. The average Bonchev–Trinajstić information content (AvgIpc) is 3.32. The minimum Gasteiger partial charge on any atom is -0.388 e. The molecule has 0 aromatic heterocycles. The normalized spacial score (nSPS) is 28.3. The van der Waals surface area contributed by atoms with Crippen molar-refractivity contribution in [2.24, 2.45) is 5.41 Å². The first kappa shape index (κ1) is 17.4. The van der Waals surface area contributed by atoms with E-state index in [2.05, 4.69) is 24.1 Å². The number of hydrogen-bond donors (Lipinski definition) is 2. The Bertz CT molecular complexity index is 560. The van der Waals surface area contributed by atoms with Gasteiger partial charge in [-0.15, -0.1) is 0 Å². The molecule has 3 rings (SSSR count). The van der Waals surface area contributed by atoms with Gasteiger partial charge in [0, 0.05) is 24.0 Å². The van der Waals surface area contributed by atoms with Gasteiger partial charge in [0.2, 0.25) is 5.91 Å². The monoisotopic (exact) mass is 330 g/mol. The van der Waals surface area contributed by atoms with E-state index in [1.807, 2.05) is 37.3 Å². The lowest BCUT2D eigenvalue weighted by atomic mass is 9.92. The van der Waals surface area contributed by atoms with Gasteiger partial charge in [-0.2, -0.15) is 0 Å². The molecule has 4 atom stereocenters. The molecule has 0 radical (unpaired) electrons. The third-order valence-corrected chi connectivity index (χ3v) is 6.05. The quantitative estimate of drug-likeness (QED) is 0.843. The lowest BCUT2D eigenvalue weighted by molar-refractivity contribution is -0.127. The Morgan fingerprint density at radius 3 is 2.38 bits per heavy atom. The molecule has 1 heterocycles. The van der Waals surface area contributed by atoms with E-state index in [1.165, 1.54) is 0 Å². The van der Waals surface area contributed by atoms with Gasteiger partial charge in [-0.1, -0.05) is 30.3 Å². The van der Waals surface area contributed by atoms with E-state index in [1.54, 1.807) is 0 Å². The van der Waals surface area contributed by atoms with Crippen molar-refractivity contribution in [1.82, 2.24) is 10.2 Å². The van der Waals surface area contributed by atoms with Crippen molar-refractivity contribution in [3.05, 3.63) is 35.9 Å². The summed E-state index contributed by atoms with van der Waals surface area (Å²) in [5.41, 5.74) is 0.762. The third-order valence-electron chi connectivity index (χ3n) is 6.05. The number of nitrogens with zero attached hydrogens (tertiary/aromatic N) is 1. The Balaban J connectivity index is 1.58. The Morgan fingerprint density at radius 1 is 1.25 bits per heavy atom. The predicted molar refractivity (Wildman–Crippen MR) is 95.5 cm³/mol. The molecule has 1 aromatic carbocycles. The molecular formula is C20H30N2O2. The van der Waals surface area contributed by atoms with Crippen LogP contribution in [0.5, 0.6) is 0 Å². The van der Waals surface area contributed by atoms with Gasteiger partial charge in [-0.05, 0) is 52.0 Å². The number of hydrogen-bond acceptors (Lipinski definition) is 3. The summed E-state index contributed by atoms with van der Waals surface area (Å²) in [7, 11) is 0. The topological polar surface area (TPSA) is 52.6 Å². The Hall–Kier alpha value is -1.39. The molecule has 1 saturated carbocycles. The fourth-order valence-corrected chi connectivity index (χ4v) is 4.22. The lowest BCUT2D eigenvalue weighted by Crippen LogP contribution is -2.50. The Kier molecular flexibility index (Phi) is 4.97. The first-order valence-corrected chi connectivity index (χ1v) is 9.23. The second kappa shape index (κ2) is 6.85. The summed E-state index contributed by atoms with van der Waals surface area (Å²) in [5.74, 6) is 0.0853. The van der Waals surface area contributed by atoms with Crippen molar-refractivity contribution in [2.45, 2.75) is 70.7 Å². The van der Waals surface area contributed by atoms with Crippen molar-refractivity contribution < 1.29 is 9.90 Å². The third kappa shape index (κ3) is 3.35. The molecule has 1 aromatic rings. The van der Waals surface area contributed by atoms with E-state index >= 15 is 0 Å². The molecule has 1 aliphatic carbocycles. The van der Waals surface area contributed by atoms with Crippen LogP contribution in [-0.4, -0.2) is 40.6 Å². The zero-order valence-electron chi connectivity index (χ0n) is 15.0. The van der Waals surface area contributed by atoms with E-state index in [4.69, 9.17) is 0 Å². The first-order valence-electron chi connectivity index (χ1n) is 9.23. The number of aliphatic hydroxyl groups is 1. The van der Waals surface area contributed by atoms with Crippen molar-refractivity contribution in [2.75, 3.05) is 6.54 Å². The van der Waals surface area contributed by atoms with Crippen LogP contribution in [0.25, 0.3) is 0 Å². The number of carbonyl (C=O) groups is 1. The molecular weight excluding hydrogens is 300 g/mol. The van der Waals surface area contributed by atoms with E-state index in [9.17, 15) is 9.90 Å². The number of nitrogens with one attached hydrogen (secondary N) is 1. The Labute approximate surface area is 145 Å². The second-order valence-electron chi connectivity index (χ2n) is 7.79. The molecule has 2 N–H and O–H groups in total. The Morgan fingerprint density at radius 2 is 1.83 bits per heavy atom. The van der Waals surface area contributed by atoms with Crippen LogP contribution in [0.4, 0.5) is 0 Å². The minimum atomic E-state index is -0.501. The van der Waals surface area contributed by atoms with E-state index in [0.29, 0.717) is 18.6 Å². The molecule has 1 aliphatic heterocycles. The molecule has 1 amide bonds. The van der Waals surface area contributed by atoms with Gasteiger partial charge in [0.25, 0.3) is 0 Å². The van der Waals surface area contributed by atoms with Crippen LogP contribution in [0.15, 0.2) is 30.3 Å². The van der Waals surface area contributed by atoms with Gasteiger partial charge in [-0.25, -0.2) is 0 Å². The maximum Gasteiger partial charge on any atom is 0.237 e. The number of likely N-dealkylation sites (tertiary alicyclic amines) is 1. The number of aliphatic hydroxyl groups excluding tert-OH is 1. The molecule has 4 unspecified atom stereocenters. The highest BCUT2D eigenvalue weighted by Crippen LogP contribution is 2.54. The smallest absolute Gasteiger partial charge is 0.237 e. The second-order valence-corrected chi connectivity index (χ2v) is 7.79. The molecule has 0 bridgehead atoms. The average molecular weight is 330 g/mol. The van der Waals surface area contributed by atoms with Gasteiger partial charge in [0.15, 0.2) is 0 Å². The molecule has 0 spiro atoms. The highest BCUT2D eigenvalue weighted by Gasteiger charge is 2.49. The summed E-state index contributed by atoms with van der Waals surface area (Å²) in [6.07, 6.45) is 3.76. The van der Waals surface area contributed by atoms with Crippen molar-refractivity contribution in [1.29, 1.82) is 0 Å². The minimum absolute atomic E-state index is 0.0853. The highest BCUT2D eigenvalue weighted by atomic mass is 16.3. The summed E-state index contributed by atoms with van der Waals surface area (Å²) in [5, 5.41) is 13.8. The van der Waals surface area contributed by atoms with Crippen LogP contribution in [0.1, 0.15) is 58.1 Å². The molecule has 2 fully saturated rings. The molecule has 2 aliphatic rings. The fraction of sp³-hybridized carbons (Fsp3) is 0.650. The van der Waals surface area contributed by atoms with Crippen LogP contribution >= 0.6 is 0 Å². The predicted octanol–water partition coefficient (Wildman–Crippen LogP) is 2.88. The highest BCUT2D eigenvalue weighted by molar-refractivity contribution is 5.81. The zero-order chi connectivity index (χ0) is 17.3. The number of amides is 1. The van der Waals surface area contributed by atoms with Gasteiger partial charge < -0.3 is 10.4 Å². The zero-order valence-corrected chi connectivity index (χ0v) is 15.0. The van der Waals surface area contributed by atoms with Crippen LogP contribution in [0.3, 0.4) is 0 Å². The molecule has 24 heavy (non-hydrogen) atoms. The maximum absolute atomic E-state index is 12.6. The van der Waals surface area contributed by atoms with Gasteiger partial charge >= 0.3 is 0 Å². The van der Waals surface area contributed by atoms with Gasteiger partial charge in [0.1, 0.15) is 0 Å². The summed E-state index contributed by atoms with van der Waals surface area (Å²) in [6, 6.07) is 10.6. The lowest BCUT2D eigenvalue weighted by Gasteiger charge is -2.32. The van der Waals surface area contributed by atoms with Crippen molar-refractivity contribution in [3.8, 4) is 0 Å². The molecule has 132 valence electrons. The molecule has 4 nitrogen and oxygen atoms in total. The first-order chi connectivity index (χ1) is 11.4. The number of benzene rings is 1. The summed E-state index contributed by atoms with van der Waals surface area (Å²) in [6.45, 7) is 6.97. The van der Waals surface area contributed by atoms with Crippen molar-refractivity contribution in [3.63, 3.8) is 0 Å². The molecule has 4 heteroatoms.